The van der Waals surface area contributed by atoms with E-state index >= 15 is 0 Å². The Kier molecular flexibility index (Phi) is 18.1. The molecule has 53 heavy (non-hydrogen) atoms. The summed E-state index contributed by atoms with van der Waals surface area (Å²) in [4.78, 5) is 70.4. The molecule has 4 N–H and O–H groups in total. The molecule has 298 valence electrons. The molecule has 0 aromatic heterocycles. The summed E-state index contributed by atoms with van der Waals surface area (Å²) in [6, 6.07) is 5.60. The molecule has 1 aliphatic heterocycles. The molecule has 1 aromatic carbocycles. The standard InChI is InChI=1S/C40H65N5O8/c1-13-26(7)35(44(10)39(49)34(24(4)5)43-38(48)33(41-9)23(2)3)31(52-11)21-32(46)45-22-25(6)19-30(45)36(53-12)27(8)37(47)42-29(40(50)51)20-28-17-15-14-16-18-28/h14-18,23-24,26-27,29-31,33-36,41H,6,13,19-22H2,1-5,7-12H3,(H,42,47)(H,43,48)(H,50,51)/t26-,27+,29-,30-,31+,33-,34-,35-,36+/m0/s1. The minimum absolute atomic E-state index is 0.0132. The Morgan fingerprint density at radius 1 is 0.943 bits per heavy atom. The van der Waals surface area contributed by atoms with Crippen LogP contribution in [0.25, 0.3) is 0 Å². The number of amides is 4. The van der Waals surface area contributed by atoms with Crippen molar-refractivity contribution < 1.29 is 38.6 Å². The molecule has 0 aliphatic carbocycles. The molecule has 1 heterocycles. The summed E-state index contributed by atoms with van der Waals surface area (Å²) in [5.41, 5.74) is 1.57. The first-order valence-corrected chi connectivity index (χ1v) is 18.8. The van der Waals surface area contributed by atoms with Gasteiger partial charge in [0.1, 0.15) is 12.1 Å². The number of hydrogen-bond donors (Lipinski definition) is 4. The largest absolute Gasteiger partial charge is 0.480 e. The predicted octanol–water partition coefficient (Wildman–Crippen LogP) is 3.27. The maximum atomic E-state index is 14.2. The fourth-order valence-electron chi connectivity index (χ4n) is 7.35. The van der Waals surface area contributed by atoms with Gasteiger partial charge < -0.3 is 40.3 Å². The van der Waals surface area contributed by atoms with E-state index in [9.17, 15) is 29.1 Å². The normalized spacial score (nSPS) is 19.2. The molecule has 2 rings (SSSR count). The van der Waals surface area contributed by atoms with E-state index in [0.29, 0.717) is 12.8 Å². The van der Waals surface area contributed by atoms with Gasteiger partial charge >= 0.3 is 5.97 Å². The zero-order chi connectivity index (χ0) is 40.2. The summed E-state index contributed by atoms with van der Waals surface area (Å²) in [6.45, 7) is 17.7. The molecule has 1 fully saturated rings. The van der Waals surface area contributed by atoms with Gasteiger partial charge in [-0.05, 0) is 36.8 Å². The van der Waals surface area contributed by atoms with Gasteiger partial charge in [0.25, 0.3) is 0 Å². The molecule has 1 aliphatic rings. The Bertz CT molecular complexity index is 1390. The fraction of sp³-hybridized carbons (Fsp3) is 0.675. The Morgan fingerprint density at radius 3 is 2.04 bits per heavy atom. The van der Waals surface area contributed by atoms with Gasteiger partial charge in [-0.3, -0.25) is 19.2 Å². The number of carboxylic acids is 1. The van der Waals surface area contributed by atoms with Gasteiger partial charge in [0, 0.05) is 34.2 Å². The van der Waals surface area contributed by atoms with E-state index in [1.54, 1.807) is 43.0 Å². The summed E-state index contributed by atoms with van der Waals surface area (Å²) in [7, 11) is 6.40. The van der Waals surface area contributed by atoms with Gasteiger partial charge in [-0.15, -0.1) is 0 Å². The Labute approximate surface area is 316 Å². The lowest BCUT2D eigenvalue weighted by Crippen LogP contribution is -2.59. The minimum atomic E-state index is -1.15. The quantitative estimate of drug-likeness (QED) is 0.138. The molecule has 0 radical (unpaired) electrons. The smallest absolute Gasteiger partial charge is 0.326 e. The van der Waals surface area contributed by atoms with Crippen molar-refractivity contribution in [3.63, 3.8) is 0 Å². The number of methoxy groups -OCH3 is 2. The SMILES string of the molecule is C=C1C[C@@H]([C@H](OC)[C@@H](C)C(=O)N[C@@H](Cc2ccccc2)C(=O)O)N(C(=O)C[C@@H](OC)[C@H]([C@@H](C)CC)N(C)C(=O)[C@@H](NC(=O)[C@@H](NC)C(C)C)C(C)C)C1. The first kappa shape index (κ1) is 45.3. The molecule has 13 nitrogen and oxygen atoms in total. The van der Waals surface area contributed by atoms with Crippen molar-refractivity contribution >= 4 is 29.6 Å². The number of ether oxygens (including phenoxy) is 2. The molecule has 0 spiro atoms. The number of likely N-dealkylation sites (N-methyl/N-ethyl adjacent to an activating group) is 2. The molecule has 13 heteroatoms. The lowest BCUT2D eigenvalue weighted by Gasteiger charge is -2.41. The average Bonchev–Trinajstić information content (AvgIpc) is 3.50. The fourth-order valence-corrected chi connectivity index (χ4v) is 7.35. The monoisotopic (exact) mass is 743 g/mol. The van der Waals surface area contributed by atoms with Crippen LogP contribution in [0.15, 0.2) is 42.5 Å². The van der Waals surface area contributed by atoms with Crippen molar-refractivity contribution in [3.05, 3.63) is 48.0 Å². The van der Waals surface area contributed by atoms with Gasteiger partial charge in [0.2, 0.25) is 23.6 Å². The van der Waals surface area contributed by atoms with Gasteiger partial charge in [-0.1, -0.05) is 97.4 Å². The lowest BCUT2D eigenvalue weighted by molar-refractivity contribution is -0.148. The van der Waals surface area contributed by atoms with E-state index in [2.05, 4.69) is 22.5 Å². The van der Waals surface area contributed by atoms with Gasteiger partial charge in [-0.2, -0.15) is 0 Å². The van der Waals surface area contributed by atoms with Crippen molar-refractivity contribution in [3.8, 4) is 0 Å². The van der Waals surface area contributed by atoms with Gasteiger partial charge in [0.05, 0.1) is 42.7 Å². The summed E-state index contributed by atoms with van der Waals surface area (Å²) in [5, 5.41) is 18.6. The van der Waals surface area contributed by atoms with Crippen LogP contribution in [0, 0.1) is 23.7 Å². The molecule has 9 atom stereocenters. The summed E-state index contributed by atoms with van der Waals surface area (Å²) in [6.07, 6.45) is -0.297. The molecule has 0 bridgehead atoms. The van der Waals surface area contributed by atoms with Crippen LogP contribution < -0.4 is 16.0 Å². The van der Waals surface area contributed by atoms with Crippen LogP contribution in [0.2, 0.25) is 0 Å². The van der Waals surface area contributed by atoms with E-state index in [-0.39, 0.29) is 54.9 Å². The number of carbonyl (C=O) groups is 5. The van der Waals surface area contributed by atoms with Crippen molar-refractivity contribution in [2.45, 2.75) is 117 Å². The maximum Gasteiger partial charge on any atom is 0.326 e. The molecular weight excluding hydrogens is 678 g/mol. The highest BCUT2D eigenvalue weighted by atomic mass is 16.5. The highest BCUT2D eigenvalue weighted by Gasteiger charge is 2.44. The van der Waals surface area contributed by atoms with Crippen LogP contribution in [-0.4, -0.2) is 122 Å². The van der Waals surface area contributed by atoms with Crippen LogP contribution >= 0.6 is 0 Å². The third kappa shape index (κ3) is 12.1. The Hall–Kier alpha value is -3.81. The van der Waals surface area contributed by atoms with Crippen LogP contribution in [0.4, 0.5) is 0 Å². The van der Waals surface area contributed by atoms with E-state index < -0.39 is 60.2 Å². The second-order valence-electron chi connectivity index (χ2n) is 15.2. The van der Waals surface area contributed by atoms with Crippen molar-refractivity contribution in [1.82, 2.24) is 25.8 Å². The third-order valence-corrected chi connectivity index (χ3v) is 10.6. The topological polar surface area (TPSA) is 167 Å². The second-order valence-corrected chi connectivity index (χ2v) is 15.2. The van der Waals surface area contributed by atoms with E-state index in [1.807, 2.05) is 59.7 Å². The van der Waals surface area contributed by atoms with Crippen molar-refractivity contribution in [2.75, 3.05) is 34.9 Å². The Balaban J connectivity index is 2.31. The number of carbonyl (C=O) groups excluding carboxylic acids is 4. The van der Waals surface area contributed by atoms with Crippen molar-refractivity contribution in [1.29, 1.82) is 0 Å². The number of rotatable bonds is 21. The zero-order valence-corrected chi connectivity index (χ0v) is 33.7. The van der Waals surface area contributed by atoms with Crippen LogP contribution in [0.3, 0.4) is 0 Å². The number of nitrogens with one attached hydrogen (secondary N) is 3. The van der Waals surface area contributed by atoms with Gasteiger partial charge in [-0.25, -0.2) is 4.79 Å². The predicted molar refractivity (Wildman–Crippen MR) is 205 cm³/mol. The number of aliphatic carboxylic acids is 1. The van der Waals surface area contributed by atoms with Crippen LogP contribution in [-0.2, 0) is 39.9 Å². The highest BCUT2D eigenvalue weighted by molar-refractivity contribution is 5.90. The summed E-state index contributed by atoms with van der Waals surface area (Å²) < 4.78 is 11.8. The first-order valence-electron chi connectivity index (χ1n) is 18.8. The van der Waals surface area contributed by atoms with E-state index in [4.69, 9.17) is 9.47 Å². The van der Waals surface area contributed by atoms with Crippen molar-refractivity contribution in [2.24, 2.45) is 23.7 Å². The summed E-state index contributed by atoms with van der Waals surface area (Å²) in [5.74, 6) is -3.50. The first-order chi connectivity index (χ1) is 24.9. The second kappa shape index (κ2) is 21.2. The van der Waals surface area contributed by atoms with Gasteiger partial charge in [0.15, 0.2) is 0 Å². The number of nitrogens with zero attached hydrogens (tertiary/aromatic N) is 2. The number of benzene rings is 1. The maximum absolute atomic E-state index is 14.2. The third-order valence-electron chi connectivity index (χ3n) is 10.6. The molecule has 0 unspecified atom stereocenters. The minimum Gasteiger partial charge on any atom is -0.480 e. The van der Waals surface area contributed by atoms with E-state index in [0.717, 1.165) is 11.1 Å². The molecule has 1 saturated heterocycles. The molecule has 1 aromatic rings. The molecular formula is C40H65N5O8. The highest BCUT2D eigenvalue weighted by Crippen LogP contribution is 2.31. The number of hydrogen-bond acceptors (Lipinski definition) is 8. The van der Waals surface area contributed by atoms with E-state index in [1.165, 1.54) is 14.2 Å². The van der Waals surface area contributed by atoms with Crippen LogP contribution in [0.5, 0.6) is 0 Å². The number of likely N-dealkylation sites (tertiary alicyclic amines) is 1. The Morgan fingerprint density at radius 2 is 1.55 bits per heavy atom. The average molecular weight is 744 g/mol. The zero-order valence-electron chi connectivity index (χ0n) is 33.7. The molecule has 4 amide bonds. The van der Waals surface area contributed by atoms with Crippen LogP contribution in [0.1, 0.15) is 73.3 Å². The number of carboxylic acid groups (broad SMARTS) is 1. The molecule has 0 saturated carbocycles. The lowest BCUT2D eigenvalue weighted by atomic mass is 9.89. The summed E-state index contributed by atoms with van der Waals surface area (Å²) >= 11 is 0.